The van der Waals surface area contributed by atoms with E-state index < -0.39 is 17.5 Å². The van der Waals surface area contributed by atoms with Gasteiger partial charge in [0.2, 0.25) is 0 Å². The van der Waals surface area contributed by atoms with Gasteiger partial charge in [-0.05, 0) is 38.3 Å². The fraction of sp³-hybridized carbons (Fsp3) is 0.429. The third-order valence-electron chi connectivity index (χ3n) is 3.71. The molecule has 6 heteroatoms. The first-order valence-corrected chi connectivity index (χ1v) is 6.89. The molecule has 2 amide bonds. The molecule has 0 bridgehead atoms. The number of nitrogens with one attached hydrogen (secondary N) is 1. The van der Waals surface area contributed by atoms with Gasteiger partial charge in [-0.25, -0.2) is 9.59 Å². The lowest BCUT2D eigenvalue weighted by atomic mass is 9.89. The largest absolute Gasteiger partial charge is 0.480 e. The van der Waals surface area contributed by atoms with E-state index in [4.69, 9.17) is 11.6 Å². The standard InChI is InChI=1S/C14H17ClN2O3/c1-14(12(18)19)8-4-5-9-17(14)13(20)16-11-7-3-2-6-10(11)15/h2-3,6-7H,4-5,8-9H2,1H3,(H,16,20)(H,18,19). The number of nitrogens with zero attached hydrogens (tertiary/aromatic N) is 1. The molecule has 2 rings (SSSR count). The molecule has 0 aromatic heterocycles. The molecule has 1 atom stereocenters. The van der Waals surface area contributed by atoms with E-state index in [-0.39, 0.29) is 0 Å². The number of hydrogen-bond donors (Lipinski definition) is 2. The van der Waals surface area contributed by atoms with Gasteiger partial charge in [-0.15, -0.1) is 0 Å². The van der Waals surface area contributed by atoms with Crippen molar-refractivity contribution in [1.82, 2.24) is 4.90 Å². The number of aliphatic carboxylic acids is 1. The quantitative estimate of drug-likeness (QED) is 0.880. The number of hydrogen-bond acceptors (Lipinski definition) is 2. The zero-order chi connectivity index (χ0) is 14.8. The lowest BCUT2D eigenvalue weighted by Crippen LogP contribution is -2.58. The summed E-state index contributed by atoms with van der Waals surface area (Å²) in [5.41, 5.74) is -0.679. The van der Waals surface area contributed by atoms with Crippen molar-refractivity contribution in [2.24, 2.45) is 0 Å². The minimum Gasteiger partial charge on any atom is -0.480 e. The van der Waals surface area contributed by atoms with E-state index in [0.29, 0.717) is 23.7 Å². The summed E-state index contributed by atoms with van der Waals surface area (Å²) in [4.78, 5) is 25.2. The van der Waals surface area contributed by atoms with Crippen LogP contribution in [-0.4, -0.2) is 34.1 Å². The van der Waals surface area contributed by atoms with Crippen molar-refractivity contribution in [2.45, 2.75) is 31.7 Å². The molecule has 1 aromatic rings. The highest BCUT2D eigenvalue weighted by atomic mass is 35.5. The first-order chi connectivity index (χ1) is 9.45. The van der Waals surface area contributed by atoms with E-state index in [0.717, 1.165) is 12.8 Å². The minimum absolute atomic E-state index is 0.426. The van der Waals surface area contributed by atoms with Gasteiger partial charge in [-0.3, -0.25) is 0 Å². The monoisotopic (exact) mass is 296 g/mol. The van der Waals surface area contributed by atoms with Crippen LogP contribution in [0, 0.1) is 0 Å². The Morgan fingerprint density at radius 1 is 1.35 bits per heavy atom. The van der Waals surface area contributed by atoms with E-state index in [1.54, 1.807) is 31.2 Å². The molecule has 0 spiro atoms. The summed E-state index contributed by atoms with van der Waals surface area (Å²) < 4.78 is 0. The summed E-state index contributed by atoms with van der Waals surface area (Å²) in [6.45, 7) is 2.01. The second-order valence-corrected chi connectivity index (χ2v) is 5.50. The lowest BCUT2D eigenvalue weighted by Gasteiger charge is -2.41. The fourth-order valence-corrected chi connectivity index (χ4v) is 2.60. The van der Waals surface area contributed by atoms with Crippen LogP contribution in [0.4, 0.5) is 10.5 Å². The topological polar surface area (TPSA) is 69.6 Å². The third-order valence-corrected chi connectivity index (χ3v) is 4.04. The number of rotatable bonds is 2. The molecular formula is C14H17ClN2O3. The maximum Gasteiger partial charge on any atom is 0.329 e. The summed E-state index contributed by atoms with van der Waals surface area (Å²) in [5, 5.41) is 12.5. The number of amides is 2. The van der Waals surface area contributed by atoms with E-state index in [1.807, 2.05) is 0 Å². The first-order valence-electron chi connectivity index (χ1n) is 6.52. The Morgan fingerprint density at radius 2 is 2.05 bits per heavy atom. The highest BCUT2D eigenvalue weighted by molar-refractivity contribution is 6.33. The van der Waals surface area contributed by atoms with Crippen LogP contribution in [0.5, 0.6) is 0 Å². The highest BCUT2D eigenvalue weighted by Gasteiger charge is 2.44. The molecule has 0 radical (unpaired) electrons. The Morgan fingerprint density at radius 3 is 2.70 bits per heavy atom. The minimum atomic E-state index is -1.16. The number of piperidine rings is 1. The van der Waals surface area contributed by atoms with Gasteiger partial charge in [0, 0.05) is 6.54 Å². The zero-order valence-electron chi connectivity index (χ0n) is 11.2. The Labute approximate surface area is 122 Å². The predicted molar refractivity (Wildman–Crippen MR) is 77.1 cm³/mol. The molecule has 1 unspecified atom stereocenters. The number of benzene rings is 1. The Kier molecular flexibility index (Phi) is 4.18. The second kappa shape index (κ2) is 5.71. The number of halogens is 1. The van der Waals surface area contributed by atoms with Gasteiger partial charge < -0.3 is 15.3 Å². The molecule has 1 heterocycles. The Bertz CT molecular complexity index is 535. The van der Waals surface area contributed by atoms with E-state index in [9.17, 15) is 14.7 Å². The Balaban J connectivity index is 2.19. The van der Waals surface area contributed by atoms with E-state index in [1.165, 1.54) is 4.90 Å². The average Bonchev–Trinajstić information content (AvgIpc) is 2.41. The highest BCUT2D eigenvalue weighted by Crippen LogP contribution is 2.29. The van der Waals surface area contributed by atoms with Crippen LogP contribution in [0.3, 0.4) is 0 Å². The summed E-state index contributed by atoms with van der Waals surface area (Å²) in [6, 6.07) is 6.45. The van der Waals surface area contributed by atoms with Crippen molar-refractivity contribution < 1.29 is 14.7 Å². The number of likely N-dealkylation sites (tertiary alicyclic amines) is 1. The summed E-state index contributed by atoms with van der Waals surface area (Å²) in [7, 11) is 0. The molecule has 1 aromatic carbocycles. The van der Waals surface area contributed by atoms with Crippen molar-refractivity contribution in [2.75, 3.05) is 11.9 Å². The molecule has 1 saturated heterocycles. The third kappa shape index (κ3) is 2.72. The maximum atomic E-state index is 12.3. The second-order valence-electron chi connectivity index (χ2n) is 5.10. The van der Waals surface area contributed by atoms with Crippen molar-refractivity contribution in [3.8, 4) is 0 Å². The predicted octanol–water partition coefficient (Wildman–Crippen LogP) is 3.20. The van der Waals surface area contributed by atoms with Crippen LogP contribution >= 0.6 is 11.6 Å². The SMILES string of the molecule is CC1(C(=O)O)CCCCN1C(=O)Nc1ccccc1Cl. The summed E-state index contributed by atoms with van der Waals surface area (Å²) in [5.74, 6) is -0.980. The van der Waals surface area contributed by atoms with Gasteiger partial charge in [0.05, 0.1) is 10.7 Å². The Hall–Kier alpha value is -1.75. The number of para-hydroxylation sites is 1. The average molecular weight is 297 g/mol. The maximum absolute atomic E-state index is 12.3. The van der Waals surface area contributed by atoms with Gasteiger partial charge in [0.1, 0.15) is 5.54 Å². The molecular weight excluding hydrogens is 280 g/mol. The van der Waals surface area contributed by atoms with Gasteiger partial charge in [0.25, 0.3) is 0 Å². The number of carboxylic acids is 1. The van der Waals surface area contributed by atoms with Crippen LogP contribution in [0.1, 0.15) is 26.2 Å². The normalized spacial score (nSPS) is 22.4. The van der Waals surface area contributed by atoms with Crippen LogP contribution in [0.25, 0.3) is 0 Å². The molecule has 5 nitrogen and oxygen atoms in total. The van der Waals surface area contributed by atoms with Crippen LogP contribution in [0.15, 0.2) is 24.3 Å². The van der Waals surface area contributed by atoms with E-state index in [2.05, 4.69) is 5.32 Å². The van der Waals surface area contributed by atoms with Crippen molar-refractivity contribution >= 4 is 29.3 Å². The van der Waals surface area contributed by atoms with Gasteiger partial charge >= 0.3 is 12.0 Å². The molecule has 108 valence electrons. The van der Waals surface area contributed by atoms with E-state index >= 15 is 0 Å². The number of anilines is 1. The smallest absolute Gasteiger partial charge is 0.329 e. The molecule has 1 fully saturated rings. The van der Waals surface area contributed by atoms with Crippen molar-refractivity contribution in [1.29, 1.82) is 0 Å². The molecule has 1 aliphatic rings. The van der Waals surface area contributed by atoms with Crippen molar-refractivity contribution in [3.05, 3.63) is 29.3 Å². The fourth-order valence-electron chi connectivity index (χ4n) is 2.41. The molecule has 0 saturated carbocycles. The molecule has 20 heavy (non-hydrogen) atoms. The molecule has 1 aliphatic heterocycles. The number of carbonyl (C=O) groups is 2. The number of carboxylic acid groups (broad SMARTS) is 1. The van der Waals surface area contributed by atoms with Crippen LogP contribution < -0.4 is 5.32 Å². The summed E-state index contributed by atoms with van der Waals surface area (Å²) in [6.07, 6.45) is 2.07. The van der Waals surface area contributed by atoms with Gasteiger partial charge in [-0.1, -0.05) is 23.7 Å². The van der Waals surface area contributed by atoms with Crippen LogP contribution in [0.2, 0.25) is 5.02 Å². The lowest BCUT2D eigenvalue weighted by molar-refractivity contribution is -0.150. The zero-order valence-corrected chi connectivity index (χ0v) is 12.0. The van der Waals surface area contributed by atoms with Crippen molar-refractivity contribution in [3.63, 3.8) is 0 Å². The summed E-state index contributed by atoms with van der Waals surface area (Å²) >= 11 is 5.99. The number of urea groups is 1. The van der Waals surface area contributed by atoms with Gasteiger partial charge in [-0.2, -0.15) is 0 Å². The van der Waals surface area contributed by atoms with Gasteiger partial charge in [0.15, 0.2) is 0 Å². The molecule has 2 N–H and O–H groups in total. The molecule has 0 aliphatic carbocycles. The van der Waals surface area contributed by atoms with Crippen LogP contribution in [-0.2, 0) is 4.79 Å². The first kappa shape index (κ1) is 14.7. The number of carbonyl (C=O) groups excluding carboxylic acids is 1.